The van der Waals surface area contributed by atoms with E-state index in [0.717, 1.165) is 0 Å². The second kappa shape index (κ2) is 18.9. The zero-order valence-electron chi connectivity index (χ0n) is 27.3. The lowest BCUT2D eigenvalue weighted by Gasteiger charge is -2.38. The van der Waals surface area contributed by atoms with Crippen LogP contribution in [-0.2, 0) is 101 Å². The summed E-state index contributed by atoms with van der Waals surface area (Å²) in [5.74, 6) is -12.0. The number of nitrogens with zero attached hydrogens (tertiary/aromatic N) is 3. The van der Waals surface area contributed by atoms with Gasteiger partial charge in [-0.3, -0.25) is 60.2 Å². The molecule has 0 aromatic rings. The molecule has 0 aromatic carbocycles. The summed E-state index contributed by atoms with van der Waals surface area (Å²) in [5.41, 5.74) is 0. The Bertz CT molecular complexity index is 2300. The maximum absolute atomic E-state index is 12.4. The standard InChI is InChI=1S/C14H33N3O30S10/c18-48(19,20)5-10(53(33,34)35)15(1-3-16(11(54(36,37)38)6-49(21,22)23)12(55(39,40)41)7-50(24,25)26)2-4-17(13(56(42,43)44)8-51(27,28)29)14(57(45,46)47)9-52(30,31)32/h10-14H,1-9H2,(H,18,19,20)(H,21,22,23)(H,24,25,26)(H,27,28,29)(H,30,31,32)(H,33,34,35)(H,36,37,38)(H,39,40,41)(H,42,43,44)(H,45,46,47). The van der Waals surface area contributed by atoms with E-state index in [4.69, 9.17) is 0 Å². The van der Waals surface area contributed by atoms with E-state index < -0.39 is 193 Å². The van der Waals surface area contributed by atoms with E-state index in [1.54, 1.807) is 0 Å². The summed E-state index contributed by atoms with van der Waals surface area (Å²) in [6.45, 7) is -7.74. The summed E-state index contributed by atoms with van der Waals surface area (Å²) in [5, 5.41) is -17.5. The van der Waals surface area contributed by atoms with Crippen molar-refractivity contribution in [1.82, 2.24) is 14.7 Å². The minimum Gasteiger partial charge on any atom is -0.285 e. The van der Waals surface area contributed by atoms with Crippen LogP contribution >= 0.6 is 0 Å². The molecular weight excluding hydrogens is 1010 g/mol. The molecule has 10 N–H and O–H groups in total. The molecule has 0 aliphatic heterocycles. The Kier molecular flexibility index (Phi) is 18.6. The lowest BCUT2D eigenvalue weighted by Crippen LogP contribution is -2.60. The Hall–Kier alpha value is -1.02. The van der Waals surface area contributed by atoms with Crippen LogP contribution in [0.1, 0.15) is 0 Å². The van der Waals surface area contributed by atoms with E-state index in [1.807, 2.05) is 0 Å². The van der Waals surface area contributed by atoms with E-state index >= 15 is 0 Å². The van der Waals surface area contributed by atoms with Crippen LogP contribution in [0.15, 0.2) is 0 Å². The van der Waals surface area contributed by atoms with Gasteiger partial charge >= 0.3 is 0 Å². The van der Waals surface area contributed by atoms with Gasteiger partial charge in [0, 0.05) is 26.2 Å². The highest BCUT2D eigenvalue weighted by Gasteiger charge is 2.47. The molecule has 0 saturated heterocycles. The SMILES string of the molecule is O=S(=O)(O)CC(N(CCN(C(CS(=O)(=O)O)S(=O)(=O)O)C(CS(=O)(=O)O)S(=O)(=O)O)CCN(C(CS(=O)(=O)O)S(=O)(=O)O)C(CS(=O)(=O)O)S(=O)(=O)O)S(=O)(=O)O. The molecule has 57 heavy (non-hydrogen) atoms. The topological polar surface area (TPSA) is 553 Å². The van der Waals surface area contributed by atoms with Crippen LogP contribution in [0.4, 0.5) is 0 Å². The van der Waals surface area contributed by atoms with Crippen LogP contribution in [-0.4, -0.2) is 226 Å². The van der Waals surface area contributed by atoms with E-state index in [-0.39, 0.29) is 4.90 Å². The minimum atomic E-state index is -6.24. The van der Waals surface area contributed by atoms with Crippen molar-refractivity contribution in [2.45, 2.75) is 26.9 Å². The van der Waals surface area contributed by atoms with Crippen molar-refractivity contribution in [3.63, 3.8) is 0 Å². The fraction of sp³-hybridized carbons (Fsp3) is 1.00. The lowest BCUT2D eigenvalue weighted by molar-refractivity contribution is 0.143. The van der Waals surface area contributed by atoms with E-state index in [9.17, 15) is 130 Å². The predicted molar refractivity (Wildman–Crippen MR) is 184 cm³/mol. The Balaban J connectivity index is 8.29. The zero-order chi connectivity index (χ0) is 46.0. The first kappa shape index (κ1) is 56.0. The second-order valence-electron chi connectivity index (χ2n) is 11.1. The molecule has 0 aliphatic carbocycles. The smallest absolute Gasteiger partial charge is 0.282 e. The van der Waals surface area contributed by atoms with Crippen molar-refractivity contribution in [2.24, 2.45) is 0 Å². The van der Waals surface area contributed by atoms with Crippen molar-refractivity contribution < 1.29 is 130 Å². The Morgan fingerprint density at radius 1 is 0.263 bits per heavy atom. The van der Waals surface area contributed by atoms with Gasteiger partial charge in [0.15, 0.2) is 26.9 Å². The largest absolute Gasteiger partial charge is 0.285 e. The van der Waals surface area contributed by atoms with E-state index in [0.29, 0.717) is 0 Å². The molecule has 0 spiro atoms. The van der Waals surface area contributed by atoms with Gasteiger partial charge in [0.1, 0.15) is 28.8 Å². The summed E-state index contributed by atoms with van der Waals surface area (Å²) in [6.07, 6.45) is 0. The highest BCUT2D eigenvalue weighted by molar-refractivity contribution is 7.92. The summed E-state index contributed by atoms with van der Waals surface area (Å²) in [7, 11) is -60.2. The average molecular weight is 1040 g/mol. The first-order valence-corrected chi connectivity index (χ1v) is 28.9. The average Bonchev–Trinajstić information content (AvgIpc) is 2.86. The van der Waals surface area contributed by atoms with Crippen molar-refractivity contribution in [3.8, 4) is 0 Å². The van der Waals surface area contributed by atoms with Crippen LogP contribution in [0.5, 0.6) is 0 Å². The minimum absolute atomic E-state index is 0.310. The van der Waals surface area contributed by atoms with Gasteiger partial charge in [-0.2, -0.15) is 84.2 Å². The van der Waals surface area contributed by atoms with Crippen molar-refractivity contribution in [3.05, 3.63) is 0 Å². The van der Waals surface area contributed by atoms with Gasteiger partial charge in [-0.05, 0) is 0 Å². The Labute approximate surface area is 325 Å². The molecule has 0 aromatic heterocycles. The molecule has 0 rings (SSSR count). The van der Waals surface area contributed by atoms with E-state index in [2.05, 4.69) is 0 Å². The zero-order valence-corrected chi connectivity index (χ0v) is 35.5. The van der Waals surface area contributed by atoms with Gasteiger partial charge in [-0.1, -0.05) is 0 Å². The van der Waals surface area contributed by atoms with Crippen LogP contribution in [0.3, 0.4) is 0 Å². The van der Waals surface area contributed by atoms with Gasteiger partial charge in [0.2, 0.25) is 0 Å². The quantitative estimate of drug-likeness (QED) is 0.0360. The number of hydrogen-bond donors (Lipinski definition) is 10. The lowest BCUT2D eigenvalue weighted by atomic mass is 10.3. The molecule has 0 aliphatic rings. The molecule has 0 fully saturated rings. The predicted octanol–water partition coefficient (Wildman–Crippen LogP) is -7.60. The van der Waals surface area contributed by atoms with Gasteiger partial charge in [-0.25, -0.2) is 0 Å². The first-order valence-electron chi connectivity index (χ1n) is 13.4. The maximum atomic E-state index is 12.4. The Morgan fingerprint density at radius 3 is 0.561 bits per heavy atom. The molecule has 0 saturated carbocycles. The number of hydrogen-bond acceptors (Lipinski definition) is 23. The fourth-order valence-electron chi connectivity index (χ4n) is 4.53. The molecule has 5 atom stereocenters. The summed E-state index contributed by atoms with van der Waals surface area (Å²) >= 11 is 0. The van der Waals surface area contributed by atoms with Gasteiger partial charge in [0.05, 0.1) is 0 Å². The summed E-state index contributed by atoms with van der Waals surface area (Å²) in [6, 6.07) is 0. The molecule has 5 unspecified atom stereocenters. The summed E-state index contributed by atoms with van der Waals surface area (Å²) in [4.78, 5) is -1.66. The molecule has 0 bridgehead atoms. The van der Waals surface area contributed by atoms with Gasteiger partial charge in [0.25, 0.3) is 101 Å². The Morgan fingerprint density at radius 2 is 0.421 bits per heavy atom. The highest BCUT2D eigenvalue weighted by atomic mass is 32.3. The van der Waals surface area contributed by atoms with Crippen molar-refractivity contribution in [2.75, 3.05) is 54.9 Å². The van der Waals surface area contributed by atoms with Gasteiger partial charge < -0.3 is 0 Å². The van der Waals surface area contributed by atoms with Crippen LogP contribution in [0.2, 0.25) is 0 Å². The second-order valence-corrected chi connectivity index (χ2v) is 26.5. The highest BCUT2D eigenvalue weighted by Crippen LogP contribution is 2.23. The van der Waals surface area contributed by atoms with Crippen molar-refractivity contribution >= 4 is 101 Å². The van der Waals surface area contributed by atoms with Gasteiger partial charge in [-0.15, -0.1) is 0 Å². The molecule has 33 nitrogen and oxygen atoms in total. The normalized spacial score (nSPS) is 17.7. The van der Waals surface area contributed by atoms with Crippen LogP contribution in [0, 0.1) is 0 Å². The molecule has 344 valence electrons. The third-order valence-corrected chi connectivity index (χ3v) is 17.1. The van der Waals surface area contributed by atoms with E-state index in [1.165, 1.54) is 0 Å². The summed E-state index contributed by atoms with van der Waals surface area (Å²) < 4.78 is 334. The molecule has 0 heterocycles. The maximum Gasteiger partial charge on any atom is 0.282 e. The molecule has 43 heteroatoms. The first-order chi connectivity index (χ1) is 24.6. The van der Waals surface area contributed by atoms with Crippen LogP contribution in [0.25, 0.3) is 0 Å². The molecular formula is C14H33N3O30S10. The molecule has 0 radical (unpaired) electrons. The monoisotopic (exact) mass is 1040 g/mol. The third kappa shape index (κ3) is 21.9. The van der Waals surface area contributed by atoms with Crippen molar-refractivity contribution in [1.29, 1.82) is 0 Å². The number of rotatable bonds is 26. The molecule has 0 amide bonds. The fourth-order valence-corrected chi connectivity index (χ4v) is 16.4. The third-order valence-electron chi connectivity index (χ3n) is 6.66. The van der Waals surface area contributed by atoms with Crippen LogP contribution < -0.4 is 0 Å².